The standard InChI is InChI=1S/C18H19ClN2O2S/c1-12-20-15(11-24-12)17(23)21(2)18(10-6-5-9-16(18)22)13-7-3-4-8-14(13)19/h3-4,7-8,11H,5-6,9-10H2,1-2H3. The van der Waals surface area contributed by atoms with Crippen LogP contribution >= 0.6 is 22.9 Å². The van der Waals surface area contributed by atoms with Gasteiger partial charge >= 0.3 is 0 Å². The van der Waals surface area contributed by atoms with Crippen LogP contribution in [0.2, 0.25) is 5.02 Å². The minimum Gasteiger partial charge on any atom is -0.323 e. The topological polar surface area (TPSA) is 50.3 Å². The highest BCUT2D eigenvalue weighted by Crippen LogP contribution is 2.42. The van der Waals surface area contributed by atoms with Gasteiger partial charge in [-0.1, -0.05) is 29.8 Å². The molecule has 1 aliphatic rings. The molecule has 3 rings (SSSR count). The van der Waals surface area contributed by atoms with Crippen molar-refractivity contribution in [1.82, 2.24) is 9.88 Å². The van der Waals surface area contributed by atoms with Crippen molar-refractivity contribution < 1.29 is 9.59 Å². The lowest BCUT2D eigenvalue weighted by Crippen LogP contribution is -2.54. The summed E-state index contributed by atoms with van der Waals surface area (Å²) in [6, 6.07) is 7.31. The smallest absolute Gasteiger partial charge is 0.274 e. The van der Waals surface area contributed by atoms with Crippen molar-refractivity contribution in [3.8, 4) is 0 Å². The second-order valence-corrected chi connectivity index (χ2v) is 7.56. The van der Waals surface area contributed by atoms with Crippen LogP contribution < -0.4 is 0 Å². The maximum Gasteiger partial charge on any atom is 0.274 e. The molecule has 1 atom stereocenters. The number of nitrogens with zero attached hydrogens (tertiary/aromatic N) is 2. The molecule has 1 saturated carbocycles. The molecular formula is C18H19ClN2O2S. The molecule has 1 unspecified atom stereocenters. The van der Waals surface area contributed by atoms with Crippen molar-refractivity contribution in [2.75, 3.05) is 7.05 Å². The molecule has 126 valence electrons. The third-order valence-corrected chi connectivity index (χ3v) is 5.79. The summed E-state index contributed by atoms with van der Waals surface area (Å²) >= 11 is 7.83. The van der Waals surface area contributed by atoms with Gasteiger partial charge in [0.1, 0.15) is 11.2 Å². The van der Waals surface area contributed by atoms with Gasteiger partial charge in [-0.2, -0.15) is 0 Å². The quantitative estimate of drug-likeness (QED) is 0.821. The maximum absolute atomic E-state index is 13.0. The van der Waals surface area contributed by atoms with Crippen molar-refractivity contribution in [1.29, 1.82) is 0 Å². The molecule has 1 fully saturated rings. The average molecular weight is 363 g/mol. The third-order valence-electron chi connectivity index (χ3n) is 4.69. The molecule has 1 aliphatic carbocycles. The van der Waals surface area contributed by atoms with Crippen LogP contribution in [0.1, 0.15) is 46.7 Å². The van der Waals surface area contributed by atoms with E-state index in [-0.39, 0.29) is 11.7 Å². The zero-order valence-electron chi connectivity index (χ0n) is 13.7. The fourth-order valence-corrected chi connectivity index (χ4v) is 4.32. The van der Waals surface area contributed by atoms with E-state index >= 15 is 0 Å². The Bertz CT molecular complexity index is 789. The molecule has 24 heavy (non-hydrogen) atoms. The molecule has 0 N–H and O–H groups in total. The molecule has 0 spiro atoms. The molecule has 0 radical (unpaired) electrons. The molecule has 6 heteroatoms. The highest BCUT2D eigenvalue weighted by atomic mass is 35.5. The van der Waals surface area contributed by atoms with E-state index < -0.39 is 5.54 Å². The lowest BCUT2D eigenvalue weighted by atomic mass is 9.74. The van der Waals surface area contributed by atoms with Gasteiger partial charge in [-0.3, -0.25) is 9.59 Å². The van der Waals surface area contributed by atoms with Crippen molar-refractivity contribution in [2.45, 2.75) is 38.1 Å². The summed E-state index contributed by atoms with van der Waals surface area (Å²) in [5.74, 6) is -0.195. The van der Waals surface area contributed by atoms with E-state index in [4.69, 9.17) is 11.6 Å². The van der Waals surface area contributed by atoms with E-state index in [1.807, 2.05) is 25.1 Å². The number of benzene rings is 1. The van der Waals surface area contributed by atoms with Gasteiger partial charge in [0.25, 0.3) is 5.91 Å². The van der Waals surface area contributed by atoms with Crippen molar-refractivity contribution >= 4 is 34.6 Å². The first kappa shape index (κ1) is 17.1. The van der Waals surface area contributed by atoms with E-state index in [0.29, 0.717) is 29.1 Å². The Balaban J connectivity index is 2.10. The number of rotatable bonds is 3. The Kier molecular flexibility index (Phi) is 4.74. The molecular weight excluding hydrogens is 344 g/mol. The number of hydrogen-bond donors (Lipinski definition) is 0. The number of ketones is 1. The van der Waals surface area contributed by atoms with Gasteiger partial charge in [-0.15, -0.1) is 11.3 Å². The molecule has 1 aromatic carbocycles. The molecule has 1 amide bonds. The van der Waals surface area contributed by atoms with Crippen molar-refractivity contribution in [3.63, 3.8) is 0 Å². The summed E-state index contributed by atoms with van der Waals surface area (Å²) in [7, 11) is 1.68. The summed E-state index contributed by atoms with van der Waals surface area (Å²) in [5, 5.41) is 3.08. The van der Waals surface area contributed by atoms with Crippen LogP contribution in [0.15, 0.2) is 29.6 Å². The monoisotopic (exact) mass is 362 g/mol. The van der Waals surface area contributed by atoms with Gasteiger partial charge in [0.15, 0.2) is 5.78 Å². The number of hydrogen-bond acceptors (Lipinski definition) is 4. The summed E-state index contributed by atoms with van der Waals surface area (Å²) in [6.45, 7) is 1.86. The van der Waals surface area contributed by atoms with Gasteiger partial charge in [-0.25, -0.2) is 4.98 Å². The number of Topliss-reactive ketones (excluding diaryl/α,β-unsaturated/α-hetero) is 1. The number of aromatic nitrogens is 1. The highest BCUT2D eigenvalue weighted by molar-refractivity contribution is 7.09. The Morgan fingerprint density at radius 3 is 2.71 bits per heavy atom. The fraction of sp³-hybridized carbons (Fsp3) is 0.389. The van der Waals surface area contributed by atoms with Gasteiger partial charge in [0, 0.05) is 29.4 Å². The second-order valence-electron chi connectivity index (χ2n) is 6.09. The Morgan fingerprint density at radius 1 is 1.33 bits per heavy atom. The van der Waals surface area contributed by atoms with E-state index in [0.717, 1.165) is 17.8 Å². The largest absolute Gasteiger partial charge is 0.323 e. The summed E-state index contributed by atoms with van der Waals surface area (Å²) in [5.41, 5.74) is 0.0783. The summed E-state index contributed by atoms with van der Waals surface area (Å²) in [6.07, 6.45) is 2.77. The molecule has 2 aromatic rings. The second kappa shape index (κ2) is 6.65. The number of amides is 1. The molecule has 4 nitrogen and oxygen atoms in total. The van der Waals surface area contributed by atoms with E-state index in [9.17, 15) is 9.59 Å². The third kappa shape index (κ3) is 2.76. The van der Waals surface area contributed by atoms with Crippen LogP contribution in [0, 0.1) is 6.92 Å². The van der Waals surface area contributed by atoms with Gasteiger partial charge in [0.2, 0.25) is 0 Å². The number of carbonyl (C=O) groups is 2. The first-order chi connectivity index (χ1) is 11.5. The Morgan fingerprint density at radius 2 is 2.08 bits per heavy atom. The number of likely N-dealkylation sites (N-methyl/N-ethyl adjacent to an activating group) is 1. The van der Waals surface area contributed by atoms with Crippen molar-refractivity contribution in [3.05, 3.63) is 50.9 Å². The number of halogens is 1. The lowest BCUT2D eigenvalue weighted by Gasteiger charge is -2.43. The molecule has 0 bridgehead atoms. The van der Waals surface area contributed by atoms with Crippen molar-refractivity contribution in [2.24, 2.45) is 0 Å². The summed E-state index contributed by atoms with van der Waals surface area (Å²) in [4.78, 5) is 31.8. The van der Waals surface area contributed by atoms with Crippen LogP contribution in [0.5, 0.6) is 0 Å². The average Bonchev–Trinajstić information content (AvgIpc) is 3.01. The zero-order valence-corrected chi connectivity index (χ0v) is 15.3. The molecule has 0 saturated heterocycles. The van der Waals surface area contributed by atoms with E-state index in [1.54, 1.807) is 23.4 Å². The first-order valence-electron chi connectivity index (χ1n) is 7.95. The van der Waals surface area contributed by atoms with Gasteiger partial charge in [0.05, 0.1) is 5.01 Å². The first-order valence-corrected chi connectivity index (χ1v) is 9.21. The molecule has 0 aliphatic heterocycles. The highest BCUT2D eigenvalue weighted by Gasteiger charge is 2.48. The zero-order chi connectivity index (χ0) is 17.3. The number of carbonyl (C=O) groups excluding carboxylic acids is 2. The van der Waals surface area contributed by atoms with E-state index in [2.05, 4.69) is 4.98 Å². The fourth-order valence-electron chi connectivity index (χ4n) is 3.44. The number of aryl methyl sites for hydroxylation is 1. The normalized spacial score (nSPS) is 20.9. The van der Waals surface area contributed by atoms with Gasteiger partial charge < -0.3 is 4.90 Å². The van der Waals surface area contributed by atoms with Crippen LogP contribution in [-0.4, -0.2) is 28.6 Å². The Hall–Kier alpha value is -1.72. The maximum atomic E-state index is 13.0. The van der Waals surface area contributed by atoms with Crippen LogP contribution in [-0.2, 0) is 10.3 Å². The van der Waals surface area contributed by atoms with Crippen LogP contribution in [0.4, 0.5) is 0 Å². The van der Waals surface area contributed by atoms with Crippen LogP contribution in [0.25, 0.3) is 0 Å². The summed E-state index contributed by atoms with van der Waals surface area (Å²) < 4.78 is 0. The molecule has 1 heterocycles. The lowest BCUT2D eigenvalue weighted by molar-refractivity contribution is -0.132. The van der Waals surface area contributed by atoms with E-state index in [1.165, 1.54) is 11.3 Å². The predicted molar refractivity (Wildman–Crippen MR) is 95.5 cm³/mol. The SMILES string of the molecule is Cc1nc(C(=O)N(C)C2(c3ccccc3Cl)CCCCC2=O)cs1. The minimum atomic E-state index is -1.01. The van der Waals surface area contributed by atoms with Crippen LogP contribution in [0.3, 0.4) is 0 Å². The predicted octanol–water partition coefficient (Wildman–Crippen LogP) is 4.22. The van der Waals surface area contributed by atoms with Gasteiger partial charge in [-0.05, 0) is 32.3 Å². The minimum absolute atomic E-state index is 0.0460. The Labute approximate surface area is 150 Å². The molecule has 1 aromatic heterocycles. The number of thiazole rings is 1.